The summed E-state index contributed by atoms with van der Waals surface area (Å²) in [6.07, 6.45) is 6.25. The van der Waals surface area contributed by atoms with Crippen LogP contribution in [0.3, 0.4) is 0 Å². The van der Waals surface area contributed by atoms with Gasteiger partial charge in [0, 0.05) is 13.3 Å². The highest BCUT2D eigenvalue weighted by molar-refractivity contribution is 5.73. The predicted molar refractivity (Wildman–Crippen MR) is 50.0 cm³/mol. The summed E-state index contributed by atoms with van der Waals surface area (Å²) >= 11 is 0. The largest absolute Gasteiger partial charge is 0.297 e. The highest BCUT2D eigenvalue weighted by Crippen LogP contribution is 2.33. The molecule has 60 valence electrons. The van der Waals surface area contributed by atoms with Crippen molar-refractivity contribution in [1.82, 2.24) is 0 Å². The fourth-order valence-corrected chi connectivity index (χ4v) is 1.49. The summed E-state index contributed by atoms with van der Waals surface area (Å²) in [6.45, 7) is 6.27. The molecule has 11 heavy (non-hydrogen) atoms. The molecule has 0 saturated heterocycles. The zero-order valence-corrected chi connectivity index (χ0v) is 7.30. The summed E-state index contributed by atoms with van der Waals surface area (Å²) in [7, 11) is 1.79. The van der Waals surface area contributed by atoms with E-state index >= 15 is 0 Å². The van der Waals surface area contributed by atoms with Crippen LogP contribution in [0.15, 0.2) is 28.8 Å². The van der Waals surface area contributed by atoms with Crippen LogP contribution in [0.25, 0.3) is 0 Å². The number of hydrogen-bond acceptors (Lipinski definition) is 1. The number of nitrogens with zero attached hydrogens (tertiary/aromatic N) is 1. The summed E-state index contributed by atoms with van der Waals surface area (Å²) in [5.41, 5.74) is 2.67. The number of rotatable bonds is 1. The summed E-state index contributed by atoms with van der Waals surface area (Å²) < 4.78 is 0. The van der Waals surface area contributed by atoms with Gasteiger partial charge in [-0.15, -0.1) is 0 Å². The molecule has 0 spiro atoms. The van der Waals surface area contributed by atoms with E-state index in [2.05, 4.69) is 24.6 Å². The Labute approximate surface area is 68.5 Å². The van der Waals surface area contributed by atoms with Crippen LogP contribution < -0.4 is 0 Å². The fourth-order valence-electron chi connectivity index (χ4n) is 1.49. The molecule has 0 aromatic rings. The summed E-state index contributed by atoms with van der Waals surface area (Å²) in [4.78, 5) is 3.92. The van der Waals surface area contributed by atoms with Crippen LogP contribution in [0.4, 0.5) is 0 Å². The van der Waals surface area contributed by atoms with E-state index in [0.717, 1.165) is 12.3 Å². The van der Waals surface area contributed by atoms with Gasteiger partial charge in [0.25, 0.3) is 0 Å². The lowest BCUT2D eigenvalue weighted by Gasteiger charge is -1.93. The molecule has 0 aromatic heterocycles. The van der Waals surface area contributed by atoms with Crippen LogP contribution in [-0.2, 0) is 0 Å². The molecule has 0 amide bonds. The van der Waals surface area contributed by atoms with Gasteiger partial charge in [-0.05, 0) is 30.4 Å². The summed E-state index contributed by atoms with van der Waals surface area (Å²) in [6, 6.07) is 0. The molecular formula is C10H15N. The van der Waals surface area contributed by atoms with Crippen molar-refractivity contribution >= 4 is 6.21 Å². The molecule has 1 rings (SSSR count). The number of allylic oxidation sites excluding steroid dienone is 3. The van der Waals surface area contributed by atoms with Gasteiger partial charge in [-0.25, -0.2) is 0 Å². The molecule has 0 bridgehead atoms. The third-order valence-electron chi connectivity index (χ3n) is 2.04. The zero-order chi connectivity index (χ0) is 8.27. The minimum Gasteiger partial charge on any atom is -0.297 e. The Morgan fingerprint density at radius 1 is 1.55 bits per heavy atom. The van der Waals surface area contributed by atoms with Gasteiger partial charge in [0.2, 0.25) is 0 Å². The Kier molecular flexibility index (Phi) is 2.64. The van der Waals surface area contributed by atoms with Crippen LogP contribution in [0.5, 0.6) is 0 Å². The third-order valence-corrected chi connectivity index (χ3v) is 2.04. The Morgan fingerprint density at radius 3 is 2.73 bits per heavy atom. The molecule has 0 radical (unpaired) electrons. The van der Waals surface area contributed by atoms with E-state index in [4.69, 9.17) is 0 Å². The van der Waals surface area contributed by atoms with Gasteiger partial charge in [-0.2, -0.15) is 0 Å². The van der Waals surface area contributed by atoms with Crippen molar-refractivity contribution in [3.8, 4) is 0 Å². The van der Waals surface area contributed by atoms with Crippen molar-refractivity contribution in [1.29, 1.82) is 0 Å². The maximum atomic E-state index is 4.01. The van der Waals surface area contributed by atoms with Crippen molar-refractivity contribution in [2.45, 2.75) is 19.8 Å². The smallest absolute Gasteiger partial charge is 0.0277 e. The van der Waals surface area contributed by atoms with E-state index in [1.165, 1.54) is 17.6 Å². The highest BCUT2D eigenvalue weighted by atomic mass is 14.6. The second-order valence-electron chi connectivity index (χ2n) is 3.22. The summed E-state index contributed by atoms with van der Waals surface area (Å²) in [5, 5.41) is 0. The van der Waals surface area contributed by atoms with Crippen molar-refractivity contribution in [2.75, 3.05) is 7.05 Å². The lowest BCUT2D eigenvalue weighted by Crippen LogP contribution is -1.80. The lowest BCUT2D eigenvalue weighted by molar-refractivity contribution is 0.641. The first-order chi connectivity index (χ1) is 5.24. The standard InChI is InChI=1S/C10H15N/c1-8-6-9(2)10(7-8)4-5-11-3/h4-5,8H,2,6-7H2,1,3H3/b10-4-,11-5?. The molecule has 0 N–H and O–H groups in total. The third kappa shape index (κ3) is 2.04. The molecule has 1 unspecified atom stereocenters. The first-order valence-corrected chi connectivity index (χ1v) is 4.03. The van der Waals surface area contributed by atoms with Crippen LogP contribution >= 0.6 is 0 Å². The van der Waals surface area contributed by atoms with Gasteiger partial charge in [0.05, 0.1) is 0 Å². The van der Waals surface area contributed by atoms with E-state index in [-0.39, 0.29) is 0 Å². The van der Waals surface area contributed by atoms with E-state index in [0.29, 0.717) is 0 Å². The zero-order valence-electron chi connectivity index (χ0n) is 7.30. The van der Waals surface area contributed by atoms with Gasteiger partial charge in [-0.3, -0.25) is 4.99 Å². The van der Waals surface area contributed by atoms with Gasteiger partial charge >= 0.3 is 0 Å². The summed E-state index contributed by atoms with van der Waals surface area (Å²) in [5.74, 6) is 0.777. The molecule has 1 aliphatic carbocycles. The van der Waals surface area contributed by atoms with Crippen molar-refractivity contribution in [3.05, 3.63) is 23.8 Å². The van der Waals surface area contributed by atoms with Crippen LogP contribution in [-0.4, -0.2) is 13.3 Å². The molecule has 0 aliphatic heterocycles. The van der Waals surface area contributed by atoms with Gasteiger partial charge < -0.3 is 0 Å². The van der Waals surface area contributed by atoms with Crippen molar-refractivity contribution in [3.63, 3.8) is 0 Å². The lowest BCUT2D eigenvalue weighted by atomic mass is 10.1. The van der Waals surface area contributed by atoms with Crippen LogP contribution in [0, 0.1) is 5.92 Å². The second-order valence-corrected chi connectivity index (χ2v) is 3.22. The van der Waals surface area contributed by atoms with Crippen molar-refractivity contribution < 1.29 is 0 Å². The van der Waals surface area contributed by atoms with Crippen LogP contribution in [0.1, 0.15) is 19.8 Å². The molecule has 1 aliphatic rings. The van der Waals surface area contributed by atoms with Crippen molar-refractivity contribution in [2.24, 2.45) is 10.9 Å². The Hall–Kier alpha value is -0.850. The Balaban J connectivity index is 2.67. The number of aliphatic imine (C=N–C) groups is 1. The van der Waals surface area contributed by atoms with E-state index < -0.39 is 0 Å². The molecule has 1 fully saturated rings. The quantitative estimate of drug-likeness (QED) is 0.508. The topological polar surface area (TPSA) is 12.4 Å². The monoisotopic (exact) mass is 149 g/mol. The van der Waals surface area contributed by atoms with E-state index in [9.17, 15) is 0 Å². The molecule has 1 atom stereocenters. The maximum Gasteiger partial charge on any atom is 0.0277 e. The molecule has 1 nitrogen and oxygen atoms in total. The first-order valence-electron chi connectivity index (χ1n) is 4.03. The Morgan fingerprint density at radius 2 is 2.27 bits per heavy atom. The van der Waals surface area contributed by atoms with Gasteiger partial charge in [0.1, 0.15) is 0 Å². The molecular weight excluding hydrogens is 134 g/mol. The molecule has 0 aromatic carbocycles. The van der Waals surface area contributed by atoms with Crippen LogP contribution in [0.2, 0.25) is 0 Å². The first kappa shape index (κ1) is 8.25. The minimum absolute atomic E-state index is 0.777. The van der Waals surface area contributed by atoms with E-state index in [1.54, 1.807) is 7.05 Å². The normalized spacial score (nSPS) is 29.1. The van der Waals surface area contributed by atoms with Gasteiger partial charge in [-0.1, -0.05) is 19.1 Å². The SMILES string of the molecule is C=C1CC(C)C/C1=C/C=NC. The van der Waals surface area contributed by atoms with Gasteiger partial charge in [0.15, 0.2) is 0 Å². The average Bonchev–Trinajstić information content (AvgIpc) is 2.26. The fraction of sp³-hybridized carbons (Fsp3) is 0.500. The molecule has 1 saturated carbocycles. The highest BCUT2D eigenvalue weighted by Gasteiger charge is 2.17. The molecule has 1 heteroatoms. The predicted octanol–water partition coefficient (Wildman–Crippen LogP) is 2.60. The second kappa shape index (κ2) is 3.51. The number of hydrogen-bond donors (Lipinski definition) is 0. The minimum atomic E-state index is 0.777. The molecule has 0 heterocycles. The maximum absolute atomic E-state index is 4.01. The Bertz CT molecular complexity index is 211. The van der Waals surface area contributed by atoms with E-state index in [1.807, 2.05) is 6.21 Å². The average molecular weight is 149 g/mol.